The Morgan fingerprint density at radius 1 is 1.44 bits per heavy atom. The molecule has 18 heavy (non-hydrogen) atoms. The normalized spacial score (nSPS) is 14.3. The lowest BCUT2D eigenvalue weighted by Gasteiger charge is -2.22. The van der Waals surface area contributed by atoms with Crippen LogP contribution in [0.5, 0.6) is 0 Å². The quantitative estimate of drug-likeness (QED) is 0.846. The Morgan fingerprint density at radius 2 is 2.06 bits per heavy atom. The van der Waals surface area contributed by atoms with Crippen LogP contribution in [0, 0.1) is 11.6 Å². The van der Waals surface area contributed by atoms with Crippen LogP contribution in [0.3, 0.4) is 0 Å². The number of benzene rings is 1. The molecule has 0 heterocycles. The summed E-state index contributed by atoms with van der Waals surface area (Å²) < 4.78 is 27.4. The van der Waals surface area contributed by atoms with Gasteiger partial charge < -0.3 is 5.73 Å². The molecule has 0 radical (unpaired) electrons. The second kappa shape index (κ2) is 5.89. The number of rotatable bonds is 5. The Bertz CT molecular complexity index is 461. The van der Waals surface area contributed by atoms with Gasteiger partial charge in [0.15, 0.2) is 5.78 Å². The monoisotopic (exact) mass is 319 g/mol. The van der Waals surface area contributed by atoms with Crippen molar-refractivity contribution in [2.24, 2.45) is 5.73 Å². The predicted molar refractivity (Wildman–Crippen MR) is 70.3 cm³/mol. The zero-order chi connectivity index (χ0) is 13.9. The van der Waals surface area contributed by atoms with Crippen LogP contribution in [-0.4, -0.2) is 11.3 Å². The van der Waals surface area contributed by atoms with Gasteiger partial charge >= 0.3 is 0 Å². The molecular formula is C13H16BrF2NO. The molecule has 2 nitrogen and oxygen atoms in total. The van der Waals surface area contributed by atoms with E-state index in [2.05, 4.69) is 15.9 Å². The fourth-order valence-electron chi connectivity index (χ4n) is 1.75. The summed E-state index contributed by atoms with van der Waals surface area (Å²) in [6, 6.07) is 2.40. The molecule has 0 amide bonds. The lowest BCUT2D eigenvalue weighted by Crippen LogP contribution is -2.45. The van der Waals surface area contributed by atoms with Gasteiger partial charge in [0.05, 0.1) is 10.0 Å². The van der Waals surface area contributed by atoms with Crippen LogP contribution in [0.15, 0.2) is 16.6 Å². The Labute approximate surface area is 114 Å². The van der Waals surface area contributed by atoms with Gasteiger partial charge in [-0.3, -0.25) is 4.79 Å². The second-order valence-electron chi connectivity index (χ2n) is 4.59. The first-order valence-electron chi connectivity index (χ1n) is 5.74. The SMILES string of the molecule is CCCC(C)(N)C(=O)Cc1c(F)ccc(Br)c1F. The molecule has 1 unspecified atom stereocenters. The lowest BCUT2D eigenvalue weighted by molar-refractivity contribution is -0.123. The van der Waals surface area contributed by atoms with Gasteiger partial charge in [-0.15, -0.1) is 0 Å². The molecule has 100 valence electrons. The summed E-state index contributed by atoms with van der Waals surface area (Å²) in [5.74, 6) is -1.83. The molecule has 1 atom stereocenters. The highest BCUT2D eigenvalue weighted by Gasteiger charge is 2.29. The van der Waals surface area contributed by atoms with Gasteiger partial charge in [0.1, 0.15) is 11.6 Å². The predicted octanol–water partition coefficient (Wildman–Crippen LogP) is 3.36. The van der Waals surface area contributed by atoms with E-state index in [-0.39, 0.29) is 22.2 Å². The first-order valence-corrected chi connectivity index (χ1v) is 6.53. The number of hydrogen-bond acceptors (Lipinski definition) is 2. The van der Waals surface area contributed by atoms with E-state index < -0.39 is 17.2 Å². The van der Waals surface area contributed by atoms with Gasteiger partial charge in [-0.2, -0.15) is 0 Å². The number of carbonyl (C=O) groups is 1. The standard InChI is InChI=1S/C13H16BrF2NO/c1-3-6-13(2,17)11(18)7-8-10(15)5-4-9(14)12(8)16/h4-5H,3,6-7,17H2,1-2H3. The first kappa shape index (κ1) is 15.2. The molecule has 0 aromatic heterocycles. The van der Waals surface area contributed by atoms with Crippen LogP contribution in [0.1, 0.15) is 32.3 Å². The Balaban J connectivity index is 2.99. The van der Waals surface area contributed by atoms with E-state index >= 15 is 0 Å². The lowest BCUT2D eigenvalue weighted by atomic mass is 9.88. The van der Waals surface area contributed by atoms with Crippen LogP contribution < -0.4 is 5.73 Å². The van der Waals surface area contributed by atoms with Crippen molar-refractivity contribution in [3.63, 3.8) is 0 Å². The third-order valence-electron chi connectivity index (χ3n) is 2.88. The van der Waals surface area contributed by atoms with Crippen LogP contribution in [-0.2, 0) is 11.2 Å². The van der Waals surface area contributed by atoms with Crippen LogP contribution in [0.4, 0.5) is 8.78 Å². The van der Waals surface area contributed by atoms with E-state index in [1.165, 1.54) is 6.07 Å². The Morgan fingerprint density at radius 3 is 2.61 bits per heavy atom. The molecule has 5 heteroatoms. The minimum absolute atomic E-state index is 0.140. The maximum absolute atomic E-state index is 13.7. The van der Waals surface area contributed by atoms with Gasteiger partial charge in [-0.25, -0.2) is 8.78 Å². The van der Waals surface area contributed by atoms with Crippen molar-refractivity contribution in [3.05, 3.63) is 33.8 Å². The van der Waals surface area contributed by atoms with E-state index in [1.807, 2.05) is 6.92 Å². The summed E-state index contributed by atoms with van der Waals surface area (Å²) in [7, 11) is 0. The van der Waals surface area contributed by atoms with Crippen LogP contribution in [0.2, 0.25) is 0 Å². The van der Waals surface area contributed by atoms with Crippen molar-refractivity contribution in [2.45, 2.75) is 38.6 Å². The van der Waals surface area contributed by atoms with Crippen LogP contribution in [0.25, 0.3) is 0 Å². The number of halogens is 3. The number of carbonyl (C=O) groups excluding carboxylic acids is 1. The highest BCUT2D eigenvalue weighted by Crippen LogP contribution is 2.23. The van der Waals surface area contributed by atoms with Gasteiger partial charge in [0, 0.05) is 12.0 Å². The average molecular weight is 320 g/mol. The maximum Gasteiger partial charge on any atom is 0.156 e. The van der Waals surface area contributed by atoms with Crippen molar-refractivity contribution < 1.29 is 13.6 Å². The van der Waals surface area contributed by atoms with Gasteiger partial charge in [-0.05, 0) is 41.4 Å². The second-order valence-corrected chi connectivity index (χ2v) is 5.44. The van der Waals surface area contributed by atoms with Crippen molar-refractivity contribution >= 4 is 21.7 Å². The molecule has 1 aromatic rings. The molecule has 0 aliphatic carbocycles. The molecule has 0 saturated carbocycles. The molecule has 0 spiro atoms. The zero-order valence-electron chi connectivity index (χ0n) is 10.4. The highest BCUT2D eigenvalue weighted by molar-refractivity contribution is 9.10. The maximum atomic E-state index is 13.7. The summed E-state index contributed by atoms with van der Waals surface area (Å²) in [6.45, 7) is 3.49. The molecule has 1 rings (SSSR count). The van der Waals surface area contributed by atoms with E-state index in [0.29, 0.717) is 6.42 Å². The molecule has 0 aliphatic rings. The minimum Gasteiger partial charge on any atom is -0.319 e. The zero-order valence-corrected chi connectivity index (χ0v) is 12.0. The molecule has 1 aromatic carbocycles. The minimum atomic E-state index is -1.05. The van der Waals surface area contributed by atoms with E-state index in [0.717, 1.165) is 12.5 Å². The number of nitrogens with two attached hydrogens (primary N) is 1. The Kier molecular flexibility index (Phi) is 4.99. The van der Waals surface area contributed by atoms with Gasteiger partial charge in [-0.1, -0.05) is 13.3 Å². The van der Waals surface area contributed by atoms with Crippen molar-refractivity contribution in [1.29, 1.82) is 0 Å². The van der Waals surface area contributed by atoms with Gasteiger partial charge in [0.25, 0.3) is 0 Å². The average Bonchev–Trinajstić information content (AvgIpc) is 2.29. The highest BCUT2D eigenvalue weighted by atomic mass is 79.9. The third kappa shape index (κ3) is 3.36. The Hall–Kier alpha value is -0.810. The number of hydrogen-bond donors (Lipinski definition) is 1. The van der Waals surface area contributed by atoms with E-state index in [4.69, 9.17) is 5.73 Å². The smallest absolute Gasteiger partial charge is 0.156 e. The fraction of sp³-hybridized carbons (Fsp3) is 0.462. The molecule has 0 saturated heterocycles. The summed E-state index contributed by atoms with van der Waals surface area (Å²) >= 11 is 2.97. The molecular weight excluding hydrogens is 304 g/mol. The summed E-state index contributed by atoms with van der Waals surface area (Å²) in [6.07, 6.45) is 0.898. The first-order chi connectivity index (χ1) is 8.29. The van der Waals surface area contributed by atoms with Crippen molar-refractivity contribution in [3.8, 4) is 0 Å². The summed E-state index contributed by atoms with van der Waals surface area (Å²) in [5.41, 5.74) is 4.57. The third-order valence-corrected chi connectivity index (χ3v) is 3.50. The van der Waals surface area contributed by atoms with Crippen LogP contribution >= 0.6 is 15.9 Å². The van der Waals surface area contributed by atoms with E-state index in [9.17, 15) is 13.6 Å². The number of ketones is 1. The summed E-state index contributed by atoms with van der Waals surface area (Å²) in [4.78, 5) is 12.0. The number of Topliss-reactive ketones (excluding diaryl/α,β-unsaturated/α-hetero) is 1. The van der Waals surface area contributed by atoms with Crippen molar-refractivity contribution in [2.75, 3.05) is 0 Å². The molecule has 0 bridgehead atoms. The van der Waals surface area contributed by atoms with Gasteiger partial charge in [0.2, 0.25) is 0 Å². The molecule has 0 aliphatic heterocycles. The largest absolute Gasteiger partial charge is 0.319 e. The van der Waals surface area contributed by atoms with E-state index in [1.54, 1.807) is 6.92 Å². The summed E-state index contributed by atoms with van der Waals surface area (Å²) in [5, 5.41) is 0. The molecule has 0 fully saturated rings. The molecule has 2 N–H and O–H groups in total. The van der Waals surface area contributed by atoms with Crippen molar-refractivity contribution in [1.82, 2.24) is 0 Å². The fourth-order valence-corrected chi connectivity index (χ4v) is 2.12. The topological polar surface area (TPSA) is 43.1 Å².